The fraction of sp³-hybridized carbons (Fsp3) is 0.882. The highest BCUT2D eigenvalue weighted by Crippen LogP contribution is 2.27. The van der Waals surface area contributed by atoms with Crippen LogP contribution in [0.25, 0.3) is 0 Å². The van der Waals surface area contributed by atoms with E-state index < -0.39 is 0 Å². The van der Waals surface area contributed by atoms with Crippen molar-refractivity contribution in [3.63, 3.8) is 0 Å². The van der Waals surface area contributed by atoms with E-state index in [1.807, 2.05) is 11.8 Å². The van der Waals surface area contributed by atoms with E-state index in [1.165, 1.54) is 38.5 Å². The van der Waals surface area contributed by atoms with Gasteiger partial charge in [0, 0.05) is 19.5 Å². The van der Waals surface area contributed by atoms with Gasteiger partial charge in [0.2, 0.25) is 5.91 Å². The molecule has 0 atom stereocenters. The predicted octanol–water partition coefficient (Wildman–Crippen LogP) is 3.15. The Morgan fingerprint density at radius 2 is 1.62 bits per heavy atom. The number of piperidine rings is 1. The summed E-state index contributed by atoms with van der Waals surface area (Å²) in [4.78, 5) is 26.1. The number of likely N-dealkylation sites (tertiary alicyclic amines) is 1. The molecule has 1 saturated carbocycles. The third kappa shape index (κ3) is 5.01. The van der Waals surface area contributed by atoms with Gasteiger partial charge in [-0.3, -0.25) is 9.59 Å². The van der Waals surface area contributed by atoms with E-state index in [4.69, 9.17) is 4.74 Å². The topological polar surface area (TPSA) is 46.6 Å². The average Bonchev–Trinajstić information content (AvgIpc) is 2.76. The van der Waals surface area contributed by atoms with Crippen LogP contribution in [0.1, 0.15) is 64.7 Å². The van der Waals surface area contributed by atoms with E-state index >= 15 is 0 Å². The SMILES string of the molecule is CCOC(=O)C1CCN(C(=O)CC2CCCCCC2)CC1. The van der Waals surface area contributed by atoms with Gasteiger partial charge < -0.3 is 9.64 Å². The number of esters is 1. The van der Waals surface area contributed by atoms with E-state index in [9.17, 15) is 9.59 Å². The van der Waals surface area contributed by atoms with Crippen LogP contribution in [0.3, 0.4) is 0 Å². The third-order valence-corrected chi connectivity index (χ3v) is 4.91. The van der Waals surface area contributed by atoms with E-state index in [-0.39, 0.29) is 11.9 Å². The fourth-order valence-electron chi connectivity index (χ4n) is 3.57. The largest absolute Gasteiger partial charge is 0.466 e. The number of hydrogen-bond donors (Lipinski definition) is 0. The van der Waals surface area contributed by atoms with Crippen molar-refractivity contribution in [3.05, 3.63) is 0 Å². The third-order valence-electron chi connectivity index (χ3n) is 4.91. The fourth-order valence-corrected chi connectivity index (χ4v) is 3.57. The van der Waals surface area contributed by atoms with Crippen molar-refractivity contribution in [2.75, 3.05) is 19.7 Å². The second-order valence-electron chi connectivity index (χ2n) is 6.47. The Morgan fingerprint density at radius 3 is 2.19 bits per heavy atom. The zero-order chi connectivity index (χ0) is 15.1. The molecule has 4 nitrogen and oxygen atoms in total. The minimum atomic E-state index is -0.0895. The van der Waals surface area contributed by atoms with Crippen LogP contribution in [0.15, 0.2) is 0 Å². The Hall–Kier alpha value is -1.06. The number of hydrogen-bond acceptors (Lipinski definition) is 3. The normalized spacial score (nSPS) is 21.9. The molecule has 21 heavy (non-hydrogen) atoms. The molecule has 1 heterocycles. The van der Waals surface area contributed by atoms with Gasteiger partial charge in [0.05, 0.1) is 12.5 Å². The van der Waals surface area contributed by atoms with Crippen molar-refractivity contribution in [1.29, 1.82) is 0 Å². The maximum atomic E-state index is 12.4. The molecule has 0 radical (unpaired) electrons. The van der Waals surface area contributed by atoms with E-state index in [2.05, 4.69) is 0 Å². The maximum Gasteiger partial charge on any atom is 0.309 e. The number of carbonyl (C=O) groups excluding carboxylic acids is 2. The number of amides is 1. The molecule has 0 unspecified atom stereocenters. The molecule has 0 aromatic rings. The highest BCUT2D eigenvalue weighted by atomic mass is 16.5. The summed E-state index contributed by atoms with van der Waals surface area (Å²) in [6, 6.07) is 0. The van der Waals surface area contributed by atoms with Crippen molar-refractivity contribution >= 4 is 11.9 Å². The lowest BCUT2D eigenvalue weighted by atomic mass is 9.93. The lowest BCUT2D eigenvalue weighted by molar-refractivity contribution is -0.151. The zero-order valence-corrected chi connectivity index (χ0v) is 13.3. The molecule has 0 N–H and O–H groups in total. The summed E-state index contributed by atoms with van der Waals surface area (Å²) in [6.07, 6.45) is 9.88. The van der Waals surface area contributed by atoms with Crippen LogP contribution < -0.4 is 0 Å². The maximum absolute atomic E-state index is 12.4. The molecule has 2 fully saturated rings. The molecule has 120 valence electrons. The zero-order valence-electron chi connectivity index (χ0n) is 13.3. The first-order valence-electron chi connectivity index (χ1n) is 8.65. The molecule has 1 amide bonds. The second kappa shape index (κ2) is 8.40. The summed E-state index contributed by atoms with van der Waals surface area (Å²) < 4.78 is 5.07. The van der Waals surface area contributed by atoms with Crippen molar-refractivity contribution in [3.8, 4) is 0 Å². The first-order chi connectivity index (χ1) is 10.2. The molecule has 0 aromatic carbocycles. The Bertz CT molecular complexity index is 340. The van der Waals surface area contributed by atoms with Gasteiger partial charge in [-0.2, -0.15) is 0 Å². The predicted molar refractivity (Wildman–Crippen MR) is 81.7 cm³/mol. The molecular weight excluding hydrogens is 266 g/mol. The monoisotopic (exact) mass is 295 g/mol. The van der Waals surface area contributed by atoms with Gasteiger partial charge in [0.15, 0.2) is 0 Å². The molecular formula is C17H29NO3. The summed E-state index contributed by atoms with van der Waals surface area (Å²) >= 11 is 0. The Morgan fingerprint density at radius 1 is 1.00 bits per heavy atom. The van der Waals surface area contributed by atoms with Crippen LogP contribution in [0.4, 0.5) is 0 Å². The minimum absolute atomic E-state index is 0.00752. The van der Waals surface area contributed by atoms with Crippen LogP contribution in [-0.4, -0.2) is 36.5 Å². The molecule has 1 saturated heterocycles. The van der Waals surface area contributed by atoms with E-state index in [0.717, 1.165) is 25.9 Å². The lowest BCUT2D eigenvalue weighted by Crippen LogP contribution is -2.41. The molecule has 2 aliphatic rings. The number of carbonyl (C=O) groups is 2. The number of rotatable bonds is 4. The second-order valence-corrected chi connectivity index (χ2v) is 6.47. The van der Waals surface area contributed by atoms with Gasteiger partial charge >= 0.3 is 5.97 Å². The quantitative estimate of drug-likeness (QED) is 0.591. The minimum Gasteiger partial charge on any atom is -0.466 e. The lowest BCUT2D eigenvalue weighted by Gasteiger charge is -2.32. The Labute approximate surface area is 128 Å². The first-order valence-corrected chi connectivity index (χ1v) is 8.65. The molecule has 1 aliphatic heterocycles. The highest BCUT2D eigenvalue weighted by molar-refractivity contribution is 5.77. The summed E-state index contributed by atoms with van der Waals surface area (Å²) in [5.41, 5.74) is 0. The van der Waals surface area contributed by atoms with Crippen LogP contribution >= 0.6 is 0 Å². The standard InChI is InChI=1S/C17H29NO3/c1-2-21-17(20)15-9-11-18(12-10-15)16(19)13-14-7-5-3-4-6-8-14/h14-15H,2-13H2,1H3. The van der Waals surface area contributed by atoms with Gasteiger partial charge in [-0.25, -0.2) is 0 Å². The van der Waals surface area contributed by atoms with Crippen LogP contribution in [0, 0.1) is 11.8 Å². The van der Waals surface area contributed by atoms with Crippen molar-refractivity contribution in [2.24, 2.45) is 11.8 Å². The van der Waals surface area contributed by atoms with Gasteiger partial charge in [-0.05, 0) is 38.5 Å². The number of ether oxygens (including phenoxy) is 1. The number of nitrogens with zero attached hydrogens (tertiary/aromatic N) is 1. The van der Waals surface area contributed by atoms with Crippen LogP contribution in [-0.2, 0) is 14.3 Å². The van der Waals surface area contributed by atoms with Crippen molar-refractivity contribution in [2.45, 2.75) is 64.7 Å². The van der Waals surface area contributed by atoms with Crippen molar-refractivity contribution < 1.29 is 14.3 Å². The Balaban J connectivity index is 1.73. The summed E-state index contributed by atoms with van der Waals surface area (Å²) in [7, 11) is 0. The Kier molecular flexibility index (Phi) is 6.52. The van der Waals surface area contributed by atoms with Gasteiger partial charge in [0.25, 0.3) is 0 Å². The molecule has 0 bridgehead atoms. The van der Waals surface area contributed by atoms with Gasteiger partial charge in [-0.1, -0.05) is 25.7 Å². The van der Waals surface area contributed by atoms with Gasteiger partial charge in [0.1, 0.15) is 0 Å². The molecule has 2 rings (SSSR count). The molecule has 1 aliphatic carbocycles. The van der Waals surface area contributed by atoms with Crippen molar-refractivity contribution in [1.82, 2.24) is 4.90 Å². The average molecular weight is 295 g/mol. The van der Waals surface area contributed by atoms with Crippen LogP contribution in [0.5, 0.6) is 0 Å². The summed E-state index contributed by atoms with van der Waals surface area (Å²) in [5.74, 6) is 0.784. The van der Waals surface area contributed by atoms with E-state index in [1.54, 1.807) is 0 Å². The van der Waals surface area contributed by atoms with Crippen LogP contribution in [0.2, 0.25) is 0 Å². The van der Waals surface area contributed by atoms with E-state index in [0.29, 0.717) is 24.9 Å². The highest BCUT2D eigenvalue weighted by Gasteiger charge is 2.29. The molecule has 0 aromatic heterocycles. The summed E-state index contributed by atoms with van der Waals surface area (Å²) in [5, 5.41) is 0. The van der Waals surface area contributed by atoms with Gasteiger partial charge in [-0.15, -0.1) is 0 Å². The summed E-state index contributed by atoms with van der Waals surface area (Å²) in [6.45, 7) is 3.72. The first kappa shape index (κ1) is 16.3. The molecule has 4 heteroatoms. The smallest absolute Gasteiger partial charge is 0.309 e. The molecule has 0 spiro atoms.